The Balaban J connectivity index is 1.48. The molecule has 1 heterocycles. The molecule has 2 N–H and O–H groups in total. The van der Waals surface area contributed by atoms with Gasteiger partial charge in [0.2, 0.25) is 0 Å². The van der Waals surface area contributed by atoms with Crippen LogP contribution in [-0.2, 0) is 11.2 Å². The Morgan fingerprint density at radius 2 is 2.16 bits per heavy atom. The number of rotatable bonds is 6. The SMILES string of the molecule is N#Cc1ccccc1OCC(=O)NCCc1nc2ccc(F)cc2[nH]1. The number of amides is 1. The molecule has 0 spiro atoms. The van der Waals surface area contributed by atoms with Crippen LogP contribution in [0.5, 0.6) is 5.75 Å². The van der Waals surface area contributed by atoms with Crippen LogP contribution in [0.1, 0.15) is 11.4 Å². The smallest absolute Gasteiger partial charge is 0.257 e. The van der Waals surface area contributed by atoms with E-state index in [1.54, 1.807) is 30.3 Å². The number of imidazole rings is 1. The van der Waals surface area contributed by atoms with E-state index < -0.39 is 0 Å². The molecule has 1 aromatic heterocycles. The highest BCUT2D eigenvalue weighted by molar-refractivity contribution is 5.77. The Labute approximate surface area is 143 Å². The van der Waals surface area contributed by atoms with Gasteiger partial charge < -0.3 is 15.0 Å². The van der Waals surface area contributed by atoms with Gasteiger partial charge in [0.1, 0.15) is 23.5 Å². The third-order valence-electron chi connectivity index (χ3n) is 3.54. The zero-order valence-corrected chi connectivity index (χ0v) is 13.3. The van der Waals surface area contributed by atoms with E-state index in [1.165, 1.54) is 12.1 Å². The number of hydrogen-bond acceptors (Lipinski definition) is 4. The molecule has 126 valence electrons. The lowest BCUT2D eigenvalue weighted by Crippen LogP contribution is -2.30. The van der Waals surface area contributed by atoms with E-state index in [9.17, 15) is 9.18 Å². The van der Waals surface area contributed by atoms with Crippen LogP contribution in [0.4, 0.5) is 4.39 Å². The molecule has 0 atom stereocenters. The van der Waals surface area contributed by atoms with Gasteiger partial charge in [0.25, 0.3) is 5.91 Å². The number of ether oxygens (including phenoxy) is 1. The second-order valence-electron chi connectivity index (χ2n) is 5.34. The molecule has 0 fully saturated rings. The maximum atomic E-state index is 13.1. The Morgan fingerprint density at radius 3 is 3.00 bits per heavy atom. The average molecular weight is 338 g/mol. The van der Waals surface area contributed by atoms with Crippen LogP contribution in [0.25, 0.3) is 11.0 Å². The minimum Gasteiger partial charge on any atom is -0.482 e. The number of nitriles is 1. The van der Waals surface area contributed by atoms with Gasteiger partial charge in [-0.1, -0.05) is 12.1 Å². The number of carbonyl (C=O) groups is 1. The lowest BCUT2D eigenvalue weighted by Gasteiger charge is -2.08. The highest BCUT2D eigenvalue weighted by atomic mass is 19.1. The van der Waals surface area contributed by atoms with Gasteiger partial charge in [0.05, 0.1) is 16.6 Å². The fraction of sp³-hybridized carbons (Fsp3) is 0.167. The minimum absolute atomic E-state index is 0.177. The third kappa shape index (κ3) is 4.12. The summed E-state index contributed by atoms with van der Waals surface area (Å²) in [5.74, 6) is 0.414. The quantitative estimate of drug-likeness (QED) is 0.721. The number of nitrogens with zero attached hydrogens (tertiary/aromatic N) is 2. The normalized spacial score (nSPS) is 10.4. The number of aromatic amines is 1. The number of halogens is 1. The van der Waals surface area contributed by atoms with Crippen molar-refractivity contribution < 1.29 is 13.9 Å². The first kappa shape index (κ1) is 16.5. The second kappa shape index (κ2) is 7.45. The molecule has 3 aromatic rings. The molecule has 3 rings (SSSR count). The summed E-state index contributed by atoms with van der Waals surface area (Å²) in [6.45, 7) is 0.189. The number of aromatic nitrogens is 2. The fourth-order valence-corrected chi connectivity index (χ4v) is 2.35. The van der Waals surface area contributed by atoms with Crippen LogP contribution in [0.15, 0.2) is 42.5 Å². The minimum atomic E-state index is -0.328. The van der Waals surface area contributed by atoms with Crippen molar-refractivity contribution in [2.75, 3.05) is 13.2 Å². The van der Waals surface area contributed by atoms with Crippen molar-refractivity contribution in [3.05, 3.63) is 59.7 Å². The topological polar surface area (TPSA) is 90.8 Å². The molecule has 0 saturated carbocycles. The van der Waals surface area contributed by atoms with Crippen molar-refractivity contribution in [1.82, 2.24) is 15.3 Å². The first-order chi connectivity index (χ1) is 12.2. The van der Waals surface area contributed by atoms with E-state index in [-0.39, 0.29) is 18.3 Å². The fourth-order valence-electron chi connectivity index (χ4n) is 2.35. The van der Waals surface area contributed by atoms with Gasteiger partial charge in [-0.05, 0) is 30.3 Å². The van der Waals surface area contributed by atoms with E-state index in [4.69, 9.17) is 10.00 Å². The maximum absolute atomic E-state index is 13.1. The summed E-state index contributed by atoms with van der Waals surface area (Å²) in [7, 11) is 0. The number of carbonyl (C=O) groups excluding carboxylic acids is 1. The molecule has 0 saturated heterocycles. The molecular formula is C18H15FN4O2. The molecule has 0 aliphatic heterocycles. The van der Waals surface area contributed by atoms with Crippen LogP contribution in [0.2, 0.25) is 0 Å². The van der Waals surface area contributed by atoms with Gasteiger partial charge in [-0.3, -0.25) is 4.79 Å². The summed E-state index contributed by atoms with van der Waals surface area (Å²) < 4.78 is 18.5. The monoisotopic (exact) mass is 338 g/mol. The lowest BCUT2D eigenvalue weighted by atomic mass is 10.2. The predicted octanol–water partition coefficient (Wildman–Crippen LogP) is 2.31. The summed E-state index contributed by atoms with van der Waals surface area (Å²) >= 11 is 0. The van der Waals surface area contributed by atoms with Crippen LogP contribution < -0.4 is 10.1 Å². The van der Waals surface area contributed by atoms with Gasteiger partial charge >= 0.3 is 0 Å². The van der Waals surface area contributed by atoms with Crippen molar-refractivity contribution in [2.24, 2.45) is 0 Å². The third-order valence-corrected chi connectivity index (χ3v) is 3.54. The first-order valence-corrected chi connectivity index (χ1v) is 7.68. The van der Waals surface area contributed by atoms with Gasteiger partial charge in [-0.25, -0.2) is 9.37 Å². The van der Waals surface area contributed by atoms with Gasteiger partial charge in [-0.15, -0.1) is 0 Å². The molecule has 0 aliphatic rings. The Morgan fingerprint density at radius 1 is 1.32 bits per heavy atom. The number of hydrogen-bond donors (Lipinski definition) is 2. The van der Waals surface area contributed by atoms with Crippen molar-refractivity contribution >= 4 is 16.9 Å². The zero-order chi connectivity index (χ0) is 17.6. The highest BCUT2D eigenvalue weighted by Gasteiger charge is 2.07. The molecule has 7 heteroatoms. The summed E-state index contributed by atoms with van der Waals surface area (Å²) in [6, 6.07) is 13.1. The summed E-state index contributed by atoms with van der Waals surface area (Å²) in [6.07, 6.45) is 0.483. The summed E-state index contributed by atoms with van der Waals surface area (Å²) in [5, 5.41) is 11.7. The Hall–Kier alpha value is -3.40. The molecule has 25 heavy (non-hydrogen) atoms. The van der Waals surface area contributed by atoms with Crippen LogP contribution in [-0.4, -0.2) is 29.0 Å². The molecule has 1 amide bonds. The predicted molar refractivity (Wildman–Crippen MR) is 89.4 cm³/mol. The van der Waals surface area contributed by atoms with Crippen LogP contribution >= 0.6 is 0 Å². The molecule has 6 nitrogen and oxygen atoms in total. The maximum Gasteiger partial charge on any atom is 0.257 e. The standard InChI is InChI=1S/C18H15FN4O2/c19-13-5-6-14-15(9-13)23-17(22-14)7-8-21-18(24)11-25-16-4-2-1-3-12(16)10-20/h1-6,9H,7-8,11H2,(H,21,24)(H,22,23). The molecule has 0 aliphatic carbocycles. The van der Waals surface area contributed by atoms with E-state index >= 15 is 0 Å². The lowest BCUT2D eigenvalue weighted by molar-refractivity contribution is -0.123. The highest BCUT2D eigenvalue weighted by Crippen LogP contribution is 2.16. The Kier molecular flexibility index (Phi) is 4.90. The Bertz CT molecular complexity index is 946. The van der Waals surface area contributed by atoms with E-state index in [2.05, 4.69) is 15.3 Å². The first-order valence-electron chi connectivity index (χ1n) is 7.68. The van der Waals surface area contributed by atoms with Gasteiger partial charge in [0, 0.05) is 13.0 Å². The number of para-hydroxylation sites is 1. The number of H-pyrrole nitrogens is 1. The number of fused-ring (bicyclic) bond motifs is 1. The molecular weight excluding hydrogens is 323 g/mol. The van der Waals surface area contributed by atoms with E-state index in [0.717, 1.165) is 0 Å². The van der Waals surface area contributed by atoms with Crippen molar-refractivity contribution in [3.8, 4) is 11.8 Å². The van der Waals surface area contributed by atoms with Crippen molar-refractivity contribution in [3.63, 3.8) is 0 Å². The number of nitrogens with one attached hydrogen (secondary N) is 2. The van der Waals surface area contributed by atoms with Gasteiger partial charge in [-0.2, -0.15) is 5.26 Å². The van der Waals surface area contributed by atoms with Crippen molar-refractivity contribution in [2.45, 2.75) is 6.42 Å². The largest absolute Gasteiger partial charge is 0.482 e. The number of benzene rings is 2. The van der Waals surface area contributed by atoms with Crippen molar-refractivity contribution in [1.29, 1.82) is 5.26 Å². The molecule has 0 bridgehead atoms. The average Bonchev–Trinajstić information content (AvgIpc) is 3.02. The zero-order valence-electron chi connectivity index (χ0n) is 13.3. The van der Waals surface area contributed by atoms with Crippen LogP contribution in [0.3, 0.4) is 0 Å². The summed E-state index contributed by atoms with van der Waals surface area (Å²) in [5.41, 5.74) is 1.68. The van der Waals surface area contributed by atoms with Gasteiger partial charge in [0.15, 0.2) is 6.61 Å². The molecule has 2 aromatic carbocycles. The second-order valence-corrected chi connectivity index (χ2v) is 5.34. The van der Waals surface area contributed by atoms with E-state index in [1.807, 2.05) is 6.07 Å². The van der Waals surface area contributed by atoms with Crippen LogP contribution in [0, 0.1) is 17.1 Å². The summed E-state index contributed by atoms with van der Waals surface area (Å²) in [4.78, 5) is 19.2. The van der Waals surface area contributed by atoms with E-state index in [0.29, 0.717) is 41.1 Å². The molecule has 0 radical (unpaired) electrons. The molecule has 0 unspecified atom stereocenters.